The van der Waals surface area contributed by atoms with E-state index >= 15 is 0 Å². The summed E-state index contributed by atoms with van der Waals surface area (Å²) in [6, 6.07) is 8.93. The number of benzene rings is 2. The lowest BCUT2D eigenvalue weighted by atomic mass is 9.99. The van der Waals surface area contributed by atoms with Gasteiger partial charge in [0.2, 0.25) is 0 Å². The van der Waals surface area contributed by atoms with Crippen molar-refractivity contribution < 1.29 is 53.0 Å². The first kappa shape index (κ1) is 25.7. The molecule has 0 aliphatic rings. The molecule has 12 heteroatoms. The second-order valence-electron chi connectivity index (χ2n) is 6.78. The van der Waals surface area contributed by atoms with Crippen molar-refractivity contribution in [1.82, 2.24) is 0 Å². The van der Waals surface area contributed by atoms with Crippen LogP contribution < -0.4 is 4.74 Å². The number of halogens is 11. The van der Waals surface area contributed by atoms with Gasteiger partial charge in [-0.1, -0.05) is 24.3 Å². The summed E-state index contributed by atoms with van der Waals surface area (Å²) in [6.07, 6.45) is -9.96. The van der Waals surface area contributed by atoms with Crippen LogP contribution in [0.4, 0.5) is 48.3 Å². The fourth-order valence-electron chi connectivity index (χ4n) is 2.66. The summed E-state index contributed by atoms with van der Waals surface area (Å²) in [7, 11) is 0. The molecular weight excluding hydrogens is 465 g/mol. The van der Waals surface area contributed by atoms with Gasteiger partial charge in [-0.3, -0.25) is 0 Å². The maximum atomic E-state index is 13.8. The lowest BCUT2D eigenvalue weighted by Crippen LogP contribution is -2.60. The van der Waals surface area contributed by atoms with Crippen molar-refractivity contribution >= 4 is 0 Å². The Bertz CT molecular complexity index is 905. The lowest BCUT2D eigenvalue weighted by molar-refractivity contribution is -0.396. The van der Waals surface area contributed by atoms with Crippen LogP contribution in [-0.2, 0) is 0 Å². The van der Waals surface area contributed by atoms with E-state index in [1.165, 1.54) is 36.4 Å². The first-order valence-electron chi connectivity index (χ1n) is 8.99. The van der Waals surface area contributed by atoms with Crippen LogP contribution in [0.15, 0.2) is 42.5 Å². The summed E-state index contributed by atoms with van der Waals surface area (Å²) in [5, 5.41) is 0. The topological polar surface area (TPSA) is 9.23 Å². The molecule has 0 aliphatic heterocycles. The fraction of sp³-hybridized carbons (Fsp3) is 0.400. The van der Waals surface area contributed by atoms with Crippen LogP contribution >= 0.6 is 0 Å². The largest absolute Gasteiger partial charge is 0.494 e. The molecule has 0 spiro atoms. The Balaban J connectivity index is 1.89. The average molecular weight is 480 g/mol. The van der Waals surface area contributed by atoms with Crippen LogP contribution in [0.5, 0.6) is 5.75 Å². The van der Waals surface area contributed by atoms with Crippen molar-refractivity contribution in [2.45, 2.75) is 43.2 Å². The second kappa shape index (κ2) is 9.14. The fourth-order valence-corrected chi connectivity index (χ4v) is 2.66. The van der Waals surface area contributed by atoms with Gasteiger partial charge in [-0.25, -0.2) is 8.78 Å². The third-order valence-electron chi connectivity index (χ3n) is 4.48. The van der Waals surface area contributed by atoms with E-state index in [4.69, 9.17) is 4.74 Å². The summed E-state index contributed by atoms with van der Waals surface area (Å²) in [5.74, 6) is -21.1. The van der Waals surface area contributed by atoms with Crippen molar-refractivity contribution in [3.63, 3.8) is 0 Å². The predicted octanol–water partition coefficient (Wildman–Crippen LogP) is 7.65. The zero-order chi connectivity index (χ0) is 24.4. The van der Waals surface area contributed by atoms with Gasteiger partial charge in [0, 0.05) is 12.0 Å². The lowest BCUT2D eigenvalue weighted by Gasteiger charge is -2.33. The van der Waals surface area contributed by atoms with Crippen LogP contribution in [0, 0.1) is 11.6 Å². The highest BCUT2D eigenvalue weighted by Gasteiger charge is 2.81. The van der Waals surface area contributed by atoms with E-state index in [1.54, 1.807) is 0 Å². The zero-order valence-electron chi connectivity index (χ0n) is 15.9. The van der Waals surface area contributed by atoms with Crippen LogP contribution in [0.2, 0.25) is 0 Å². The molecule has 2 aromatic carbocycles. The van der Waals surface area contributed by atoms with Gasteiger partial charge in [0.1, 0.15) is 5.75 Å². The van der Waals surface area contributed by atoms with Crippen molar-refractivity contribution in [3.8, 4) is 16.9 Å². The molecule has 0 N–H and O–H groups in total. The molecule has 0 unspecified atom stereocenters. The van der Waals surface area contributed by atoms with E-state index in [1.807, 2.05) is 0 Å². The Kier molecular flexibility index (Phi) is 7.35. The highest BCUT2D eigenvalue weighted by atomic mass is 19.4. The van der Waals surface area contributed by atoms with Gasteiger partial charge in [-0.2, -0.15) is 39.5 Å². The summed E-state index contributed by atoms with van der Waals surface area (Å²) in [5.41, 5.74) is 0.261. The molecule has 0 saturated carbocycles. The summed E-state index contributed by atoms with van der Waals surface area (Å²) in [4.78, 5) is 0. The SMILES string of the molecule is Fc1cccc(-c2ccc(OCCCCC(F)(F)C(F)(F)C(F)(F)C(F)(F)F)cc2)c1F. The molecule has 32 heavy (non-hydrogen) atoms. The third kappa shape index (κ3) is 5.09. The maximum absolute atomic E-state index is 13.8. The first-order valence-corrected chi connectivity index (χ1v) is 8.99. The van der Waals surface area contributed by atoms with Crippen molar-refractivity contribution in [2.75, 3.05) is 6.61 Å². The molecule has 1 nitrogen and oxygen atoms in total. The summed E-state index contributed by atoms with van der Waals surface area (Å²) < 4.78 is 147. The highest BCUT2D eigenvalue weighted by molar-refractivity contribution is 5.64. The number of alkyl halides is 9. The van der Waals surface area contributed by atoms with E-state index in [0.29, 0.717) is 5.56 Å². The molecule has 0 atom stereocenters. The van der Waals surface area contributed by atoms with Gasteiger partial charge in [0.15, 0.2) is 11.6 Å². The Hall–Kier alpha value is -2.53. The molecule has 0 saturated heterocycles. The van der Waals surface area contributed by atoms with Crippen molar-refractivity contribution in [3.05, 3.63) is 54.1 Å². The Morgan fingerprint density at radius 2 is 1.28 bits per heavy atom. The Morgan fingerprint density at radius 3 is 1.84 bits per heavy atom. The van der Waals surface area contributed by atoms with Gasteiger partial charge < -0.3 is 4.74 Å². The number of hydrogen-bond donors (Lipinski definition) is 0. The Labute approximate surface area is 174 Å². The predicted molar refractivity (Wildman–Crippen MR) is 92.0 cm³/mol. The normalized spacial score (nSPS) is 13.3. The van der Waals surface area contributed by atoms with E-state index in [2.05, 4.69) is 0 Å². The van der Waals surface area contributed by atoms with Crippen molar-refractivity contribution in [2.24, 2.45) is 0 Å². The first-order chi connectivity index (χ1) is 14.6. The molecule has 0 heterocycles. The number of ether oxygens (including phenoxy) is 1. The molecule has 2 rings (SSSR count). The smallest absolute Gasteiger partial charge is 0.460 e. The van der Waals surface area contributed by atoms with Crippen LogP contribution in [-0.4, -0.2) is 30.6 Å². The minimum atomic E-state index is -6.90. The third-order valence-corrected chi connectivity index (χ3v) is 4.48. The average Bonchev–Trinajstić information content (AvgIpc) is 2.69. The molecule has 178 valence electrons. The van der Waals surface area contributed by atoms with Crippen LogP contribution in [0.3, 0.4) is 0 Å². The molecule has 2 aromatic rings. The van der Waals surface area contributed by atoms with Crippen LogP contribution in [0.25, 0.3) is 11.1 Å². The molecule has 0 aliphatic carbocycles. The molecule has 0 fully saturated rings. The zero-order valence-corrected chi connectivity index (χ0v) is 15.9. The van der Waals surface area contributed by atoms with E-state index in [0.717, 1.165) is 6.07 Å². The molecule has 0 radical (unpaired) electrons. The monoisotopic (exact) mass is 480 g/mol. The standard InChI is InChI=1S/C20H15F11O/c21-15-5-3-4-14(16(15)22)12-6-8-13(9-7-12)32-11-2-1-10-17(23,24)18(25,26)19(27,28)20(29,30)31/h3-9H,1-2,10-11H2. The molecule has 0 aromatic heterocycles. The minimum Gasteiger partial charge on any atom is -0.494 e. The highest BCUT2D eigenvalue weighted by Crippen LogP contribution is 2.54. The molecular formula is C20H15F11O. The summed E-state index contributed by atoms with van der Waals surface area (Å²) >= 11 is 0. The number of rotatable bonds is 9. The van der Waals surface area contributed by atoms with Crippen LogP contribution in [0.1, 0.15) is 19.3 Å². The molecule has 0 amide bonds. The minimum absolute atomic E-state index is 0.0321. The van der Waals surface area contributed by atoms with Gasteiger partial charge >= 0.3 is 23.9 Å². The van der Waals surface area contributed by atoms with Crippen molar-refractivity contribution in [1.29, 1.82) is 0 Å². The second-order valence-corrected chi connectivity index (χ2v) is 6.78. The van der Waals surface area contributed by atoms with Gasteiger partial charge in [0.05, 0.1) is 6.61 Å². The van der Waals surface area contributed by atoms with E-state index in [-0.39, 0.29) is 24.3 Å². The Morgan fingerprint density at radius 1 is 0.688 bits per heavy atom. The maximum Gasteiger partial charge on any atom is 0.460 e. The van der Waals surface area contributed by atoms with E-state index in [9.17, 15) is 48.3 Å². The molecule has 0 bridgehead atoms. The van der Waals surface area contributed by atoms with Gasteiger partial charge in [-0.05, 0) is 36.6 Å². The number of hydrogen-bond acceptors (Lipinski definition) is 1. The summed E-state index contributed by atoms with van der Waals surface area (Å²) in [6.45, 7) is -0.342. The van der Waals surface area contributed by atoms with Gasteiger partial charge in [-0.15, -0.1) is 0 Å². The number of unbranched alkanes of at least 4 members (excludes halogenated alkanes) is 1. The quantitative estimate of drug-likeness (QED) is 0.265. The van der Waals surface area contributed by atoms with E-state index < -0.39 is 48.4 Å². The van der Waals surface area contributed by atoms with Gasteiger partial charge in [0.25, 0.3) is 0 Å².